The lowest BCUT2D eigenvalue weighted by atomic mass is 9.78. The van der Waals surface area contributed by atoms with Crippen LogP contribution in [0.2, 0.25) is 0 Å². The van der Waals surface area contributed by atoms with E-state index in [-0.39, 0.29) is 0 Å². The Morgan fingerprint density at radius 1 is 1.05 bits per heavy atom. The van der Waals surface area contributed by atoms with E-state index in [9.17, 15) is 0 Å². The van der Waals surface area contributed by atoms with E-state index >= 15 is 0 Å². The van der Waals surface area contributed by atoms with E-state index in [2.05, 4.69) is 25.1 Å². The Labute approximate surface area is 129 Å². The van der Waals surface area contributed by atoms with Crippen LogP contribution >= 0.6 is 0 Å². The monoisotopic (exact) mass is 281 g/mol. The highest BCUT2D eigenvalue weighted by molar-refractivity contribution is 5.50. The lowest BCUT2D eigenvalue weighted by Gasteiger charge is -2.28. The SMILES string of the molecule is CCCC1CCC(CCC=Cc2ccc(C#N)cc2)CC1. The zero-order valence-electron chi connectivity index (χ0n) is 13.2. The number of nitriles is 1. The van der Waals surface area contributed by atoms with Crippen LogP contribution in [0.4, 0.5) is 0 Å². The first-order valence-electron chi connectivity index (χ1n) is 8.48. The summed E-state index contributed by atoms with van der Waals surface area (Å²) in [6, 6.07) is 9.96. The molecule has 1 saturated carbocycles. The number of benzene rings is 1. The Morgan fingerprint density at radius 3 is 2.24 bits per heavy atom. The third-order valence-electron chi connectivity index (χ3n) is 4.75. The van der Waals surface area contributed by atoms with Gasteiger partial charge >= 0.3 is 0 Å². The molecule has 1 aliphatic carbocycles. The van der Waals surface area contributed by atoms with Gasteiger partial charge in [0.2, 0.25) is 0 Å². The van der Waals surface area contributed by atoms with E-state index in [4.69, 9.17) is 5.26 Å². The normalized spacial score (nSPS) is 22.3. The molecule has 0 spiro atoms. The molecule has 21 heavy (non-hydrogen) atoms. The first kappa shape index (κ1) is 15.8. The van der Waals surface area contributed by atoms with Gasteiger partial charge in [-0.05, 0) is 42.4 Å². The summed E-state index contributed by atoms with van der Waals surface area (Å²) in [5.41, 5.74) is 1.93. The smallest absolute Gasteiger partial charge is 0.0991 e. The number of nitrogens with zero attached hydrogens (tertiary/aromatic N) is 1. The lowest BCUT2D eigenvalue weighted by Crippen LogP contribution is -2.14. The van der Waals surface area contributed by atoms with E-state index in [1.807, 2.05) is 24.3 Å². The minimum absolute atomic E-state index is 0.732. The van der Waals surface area contributed by atoms with E-state index in [1.165, 1.54) is 56.9 Å². The summed E-state index contributed by atoms with van der Waals surface area (Å²) in [6.07, 6.45) is 15.6. The Balaban J connectivity index is 1.67. The summed E-state index contributed by atoms with van der Waals surface area (Å²) in [6.45, 7) is 2.31. The maximum absolute atomic E-state index is 8.77. The van der Waals surface area contributed by atoms with Crippen molar-refractivity contribution in [3.63, 3.8) is 0 Å². The maximum Gasteiger partial charge on any atom is 0.0991 e. The van der Waals surface area contributed by atoms with Crippen LogP contribution in [0.5, 0.6) is 0 Å². The molecule has 0 atom stereocenters. The molecule has 1 nitrogen and oxygen atoms in total. The zero-order chi connectivity index (χ0) is 14.9. The molecule has 0 radical (unpaired) electrons. The summed E-state index contributed by atoms with van der Waals surface area (Å²) in [5, 5.41) is 8.77. The quantitative estimate of drug-likeness (QED) is 0.631. The second kappa shape index (κ2) is 8.67. The molecule has 0 amide bonds. The van der Waals surface area contributed by atoms with Crippen molar-refractivity contribution in [2.45, 2.75) is 58.3 Å². The van der Waals surface area contributed by atoms with Crippen molar-refractivity contribution in [1.82, 2.24) is 0 Å². The van der Waals surface area contributed by atoms with Gasteiger partial charge in [0, 0.05) is 0 Å². The largest absolute Gasteiger partial charge is 0.192 e. The lowest BCUT2D eigenvalue weighted by molar-refractivity contribution is 0.253. The number of allylic oxidation sites excluding steroid dienone is 1. The van der Waals surface area contributed by atoms with Crippen LogP contribution in [0.1, 0.15) is 69.4 Å². The van der Waals surface area contributed by atoms with Gasteiger partial charge in [0.15, 0.2) is 0 Å². The molecule has 1 aromatic rings. The Bertz CT molecular complexity index is 470. The van der Waals surface area contributed by atoms with E-state index < -0.39 is 0 Å². The van der Waals surface area contributed by atoms with Crippen LogP contribution in [0.25, 0.3) is 6.08 Å². The van der Waals surface area contributed by atoms with Gasteiger partial charge in [-0.25, -0.2) is 0 Å². The molecule has 0 bridgehead atoms. The molecule has 1 heteroatoms. The van der Waals surface area contributed by atoms with Crippen molar-refractivity contribution in [2.75, 3.05) is 0 Å². The van der Waals surface area contributed by atoms with Crippen LogP contribution in [-0.4, -0.2) is 0 Å². The van der Waals surface area contributed by atoms with Gasteiger partial charge in [-0.2, -0.15) is 5.26 Å². The summed E-state index contributed by atoms with van der Waals surface area (Å²) < 4.78 is 0. The average Bonchev–Trinajstić information content (AvgIpc) is 2.54. The maximum atomic E-state index is 8.77. The third kappa shape index (κ3) is 5.38. The molecule has 0 N–H and O–H groups in total. The van der Waals surface area contributed by atoms with Crippen LogP contribution in [0.15, 0.2) is 30.3 Å². The minimum atomic E-state index is 0.732. The molecule has 2 rings (SSSR count). The Hall–Kier alpha value is -1.55. The summed E-state index contributed by atoms with van der Waals surface area (Å²) in [7, 11) is 0. The van der Waals surface area contributed by atoms with Crippen LogP contribution in [0, 0.1) is 23.2 Å². The molecule has 0 heterocycles. The predicted molar refractivity (Wildman–Crippen MR) is 89.8 cm³/mol. The van der Waals surface area contributed by atoms with E-state index in [1.54, 1.807) is 0 Å². The number of rotatable bonds is 6. The van der Waals surface area contributed by atoms with Gasteiger partial charge in [-0.15, -0.1) is 0 Å². The van der Waals surface area contributed by atoms with Crippen molar-refractivity contribution in [2.24, 2.45) is 11.8 Å². The van der Waals surface area contributed by atoms with Crippen molar-refractivity contribution in [3.8, 4) is 6.07 Å². The summed E-state index contributed by atoms with van der Waals surface area (Å²) >= 11 is 0. The number of hydrogen-bond donors (Lipinski definition) is 0. The van der Waals surface area contributed by atoms with Gasteiger partial charge in [-0.3, -0.25) is 0 Å². The van der Waals surface area contributed by atoms with Gasteiger partial charge in [0.1, 0.15) is 0 Å². The molecule has 0 saturated heterocycles. The Kier molecular flexibility index (Phi) is 6.54. The first-order chi connectivity index (χ1) is 10.3. The fourth-order valence-corrected chi connectivity index (χ4v) is 3.44. The molecule has 0 aromatic heterocycles. The highest BCUT2D eigenvalue weighted by Gasteiger charge is 2.19. The van der Waals surface area contributed by atoms with E-state index in [0.29, 0.717) is 0 Å². The summed E-state index contributed by atoms with van der Waals surface area (Å²) in [5.74, 6) is 1.96. The van der Waals surface area contributed by atoms with Crippen LogP contribution in [0.3, 0.4) is 0 Å². The molecule has 0 unspecified atom stereocenters. The number of hydrogen-bond acceptors (Lipinski definition) is 1. The van der Waals surface area contributed by atoms with Gasteiger partial charge in [0.05, 0.1) is 11.6 Å². The highest BCUT2D eigenvalue weighted by atomic mass is 14.3. The fourth-order valence-electron chi connectivity index (χ4n) is 3.44. The predicted octanol–water partition coefficient (Wildman–Crippen LogP) is 5.96. The standard InChI is InChI=1S/C20H27N/c1-2-5-17-8-10-18(11-9-17)6-3-4-7-19-12-14-20(16-21)15-13-19/h4,7,12-15,17-18H,2-3,5-6,8-11H2,1H3. The summed E-state index contributed by atoms with van der Waals surface area (Å²) in [4.78, 5) is 0. The van der Waals surface area contributed by atoms with Crippen LogP contribution < -0.4 is 0 Å². The van der Waals surface area contributed by atoms with Gasteiger partial charge < -0.3 is 0 Å². The van der Waals surface area contributed by atoms with Crippen molar-refractivity contribution in [1.29, 1.82) is 5.26 Å². The fraction of sp³-hybridized carbons (Fsp3) is 0.550. The minimum Gasteiger partial charge on any atom is -0.192 e. The van der Waals surface area contributed by atoms with Crippen molar-refractivity contribution < 1.29 is 0 Å². The zero-order valence-corrected chi connectivity index (χ0v) is 13.2. The van der Waals surface area contributed by atoms with Crippen LogP contribution in [-0.2, 0) is 0 Å². The first-order valence-corrected chi connectivity index (χ1v) is 8.48. The molecule has 1 aromatic carbocycles. The molecule has 112 valence electrons. The Morgan fingerprint density at radius 2 is 1.67 bits per heavy atom. The van der Waals surface area contributed by atoms with Gasteiger partial charge in [0.25, 0.3) is 0 Å². The second-order valence-corrected chi connectivity index (χ2v) is 6.39. The topological polar surface area (TPSA) is 23.8 Å². The van der Waals surface area contributed by atoms with Crippen molar-refractivity contribution in [3.05, 3.63) is 41.5 Å². The molecule has 1 aliphatic rings. The molecular formula is C20H27N. The molecular weight excluding hydrogens is 254 g/mol. The second-order valence-electron chi connectivity index (χ2n) is 6.39. The van der Waals surface area contributed by atoms with Crippen molar-refractivity contribution >= 4 is 6.08 Å². The highest BCUT2D eigenvalue weighted by Crippen LogP contribution is 2.33. The molecule has 0 aliphatic heterocycles. The third-order valence-corrected chi connectivity index (χ3v) is 4.75. The average molecular weight is 281 g/mol. The van der Waals surface area contributed by atoms with Gasteiger partial charge in [-0.1, -0.05) is 69.7 Å². The molecule has 1 fully saturated rings. The van der Waals surface area contributed by atoms with E-state index in [0.717, 1.165) is 17.4 Å².